The molecule has 0 bridgehead atoms. The van der Waals surface area contributed by atoms with Gasteiger partial charge in [-0.15, -0.1) is 0 Å². The highest BCUT2D eigenvalue weighted by atomic mass is 16.2. The average Bonchev–Trinajstić information content (AvgIpc) is 2.94. The van der Waals surface area contributed by atoms with Gasteiger partial charge in [-0.2, -0.15) is 0 Å². The van der Waals surface area contributed by atoms with Crippen molar-refractivity contribution in [2.45, 2.75) is 32.4 Å². The number of amides is 4. The predicted octanol–water partition coefficient (Wildman–Crippen LogP) is 2.16. The van der Waals surface area contributed by atoms with Crippen molar-refractivity contribution in [2.24, 2.45) is 0 Å². The SMILES string of the molecule is Cc1ccc(CNC(=O)CN2C(=O)NC(CCc3ccccc3)C2=O)cc1. The maximum absolute atomic E-state index is 12.4. The minimum absolute atomic E-state index is 0.266. The number of hydrogen-bond donors (Lipinski definition) is 2. The third-order valence-corrected chi connectivity index (χ3v) is 4.58. The molecule has 1 atom stereocenters. The molecule has 1 aliphatic heterocycles. The second-order valence-corrected chi connectivity index (χ2v) is 6.71. The number of hydrogen-bond acceptors (Lipinski definition) is 3. The van der Waals surface area contributed by atoms with Gasteiger partial charge in [0.15, 0.2) is 0 Å². The minimum atomic E-state index is -0.581. The van der Waals surface area contributed by atoms with E-state index in [1.807, 2.05) is 61.5 Å². The molecule has 2 N–H and O–H groups in total. The van der Waals surface area contributed by atoms with Crippen LogP contribution in [0.5, 0.6) is 0 Å². The van der Waals surface area contributed by atoms with Gasteiger partial charge in [-0.1, -0.05) is 60.2 Å². The molecule has 0 radical (unpaired) electrons. The number of carbonyl (C=O) groups excluding carboxylic acids is 3. The lowest BCUT2D eigenvalue weighted by atomic mass is 10.1. The van der Waals surface area contributed by atoms with Crippen LogP contribution >= 0.6 is 0 Å². The maximum atomic E-state index is 12.4. The van der Waals surface area contributed by atoms with Gasteiger partial charge in [0.1, 0.15) is 12.6 Å². The van der Waals surface area contributed by atoms with Crippen molar-refractivity contribution < 1.29 is 14.4 Å². The highest BCUT2D eigenvalue weighted by Gasteiger charge is 2.38. The Morgan fingerprint density at radius 2 is 1.74 bits per heavy atom. The zero-order valence-electron chi connectivity index (χ0n) is 15.3. The summed E-state index contributed by atoms with van der Waals surface area (Å²) in [6.07, 6.45) is 1.20. The molecule has 0 aromatic heterocycles. The van der Waals surface area contributed by atoms with E-state index in [0.717, 1.165) is 21.6 Å². The third-order valence-electron chi connectivity index (χ3n) is 4.58. The molecule has 0 aliphatic carbocycles. The molecule has 1 unspecified atom stereocenters. The van der Waals surface area contributed by atoms with Gasteiger partial charge < -0.3 is 10.6 Å². The first-order valence-electron chi connectivity index (χ1n) is 9.01. The first kappa shape index (κ1) is 18.6. The van der Waals surface area contributed by atoms with Crippen molar-refractivity contribution >= 4 is 17.8 Å². The molecule has 140 valence electrons. The number of nitrogens with one attached hydrogen (secondary N) is 2. The van der Waals surface area contributed by atoms with Crippen molar-refractivity contribution in [3.05, 3.63) is 71.3 Å². The monoisotopic (exact) mass is 365 g/mol. The normalized spacial score (nSPS) is 16.3. The largest absolute Gasteiger partial charge is 0.350 e. The van der Waals surface area contributed by atoms with Crippen molar-refractivity contribution in [2.75, 3.05) is 6.54 Å². The fourth-order valence-electron chi connectivity index (χ4n) is 2.98. The van der Waals surface area contributed by atoms with Gasteiger partial charge in [0.25, 0.3) is 5.91 Å². The molecular weight excluding hydrogens is 342 g/mol. The van der Waals surface area contributed by atoms with E-state index in [-0.39, 0.29) is 18.4 Å². The first-order chi connectivity index (χ1) is 13.0. The van der Waals surface area contributed by atoms with Crippen LogP contribution in [0.25, 0.3) is 0 Å². The summed E-state index contributed by atoms with van der Waals surface area (Å²) in [5.74, 6) is -0.704. The molecule has 4 amide bonds. The van der Waals surface area contributed by atoms with E-state index >= 15 is 0 Å². The molecule has 2 aromatic carbocycles. The summed E-state index contributed by atoms with van der Waals surface area (Å²) in [7, 11) is 0. The van der Waals surface area contributed by atoms with Gasteiger partial charge >= 0.3 is 6.03 Å². The van der Waals surface area contributed by atoms with Crippen LogP contribution < -0.4 is 10.6 Å². The van der Waals surface area contributed by atoms with Crippen LogP contribution in [0, 0.1) is 6.92 Å². The summed E-state index contributed by atoms with van der Waals surface area (Å²) in [4.78, 5) is 37.6. The molecule has 1 aliphatic rings. The molecule has 3 rings (SSSR count). The Morgan fingerprint density at radius 1 is 1.04 bits per heavy atom. The average molecular weight is 365 g/mol. The molecular formula is C21H23N3O3. The summed E-state index contributed by atoms with van der Waals surface area (Å²) in [5, 5.41) is 5.41. The molecule has 6 heteroatoms. The molecule has 1 heterocycles. The Balaban J connectivity index is 1.49. The van der Waals surface area contributed by atoms with E-state index in [1.54, 1.807) is 0 Å². The zero-order chi connectivity index (χ0) is 19.2. The molecule has 0 saturated carbocycles. The van der Waals surface area contributed by atoms with Crippen LogP contribution in [0.1, 0.15) is 23.1 Å². The van der Waals surface area contributed by atoms with Crippen molar-refractivity contribution in [3.8, 4) is 0 Å². The van der Waals surface area contributed by atoms with Gasteiger partial charge in [0.2, 0.25) is 5.91 Å². The van der Waals surface area contributed by atoms with E-state index in [0.29, 0.717) is 19.4 Å². The Hall–Kier alpha value is -3.15. The summed E-state index contributed by atoms with van der Waals surface area (Å²) >= 11 is 0. The van der Waals surface area contributed by atoms with Crippen LogP contribution in [0.2, 0.25) is 0 Å². The lowest BCUT2D eigenvalue weighted by molar-refractivity contribution is -0.132. The Bertz CT molecular complexity index is 818. The van der Waals surface area contributed by atoms with Gasteiger partial charge in [-0.25, -0.2) is 4.79 Å². The Kier molecular flexibility index (Phi) is 5.86. The Labute approximate surface area is 158 Å². The highest BCUT2D eigenvalue weighted by molar-refractivity contribution is 6.06. The lowest BCUT2D eigenvalue weighted by Gasteiger charge is -2.13. The lowest BCUT2D eigenvalue weighted by Crippen LogP contribution is -2.41. The molecule has 27 heavy (non-hydrogen) atoms. The number of rotatable bonds is 7. The number of carbonyl (C=O) groups is 3. The van der Waals surface area contributed by atoms with Gasteiger partial charge in [0, 0.05) is 6.54 Å². The second kappa shape index (κ2) is 8.49. The van der Waals surface area contributed by atoms with E-state index in [9.17, 15) is 14.4 Å². The van der Waals surface area contributed by atoms with Crippen molar-refractivity contribution in [1.82, 2.24) is 15.5 Å². The fourth-order valence-corrected chi connectivity index (χ4v) is 2.98. The van der Waals surface area contributed by atoms with Gasteiger partial charge in [-0.05, 0) is 30.9 Å². The number of aryl methyl sites for hydroxylation is 2. The van der Waals surface area contributed by atoms with Crippen LogP contribution in [0.3, 0.4) is 0 Å². The topological polar surface area (TPSA) is 78.5 Å². The molecule has 2 aromatic rings. The second-order valence-electron chi connectivity index (χ2n) is 6.71. The molecule has 1 saturated heterocycles. The number of benzene rings is 2. The van der Waals surface area contributed by atoms with E-state index < -0.39 is 12.1 Å². The molecule has 1 fully saturated rings. The predicted molar refractivity (Wildman–Crippen MR) is 102 cm³/mol. The minimum Gasteiger partial charge on any atom is -0.350 e. The highest BCUT2D eigenvalue weighted by Crippen LogP contribution is 2.13. The van der Waals surface area contributed by atoms with Gasteiger partial charge in [0.05, 0.1) is 0 Å². The van der Waals surface area contributed by atoms with E-state index in [1.165, 1.54) is 0 Å². The van der Waals surface area contributed by atoms with Crippen LogP contribution in [-0.4, -0.2) is 35.3 Å². The van der Waals surface area contributed by atoms with Crippen LogP contribution in [0.15, 0.2) is 54.6 Å². The zero-order valence-corrected chi connectivity index (χ0v) is 15.3. The van der Waals surface area contributed by atoms with Gasteiger partial charge in [-0.3, -0.25) is 14.5 Å². The van der Waals surface area contributed by atoms with Crippen molar-refractivity contribution in [1.29, 1.82) is 0 Å². The number of urea groups is 1. The number of imide groups is 1. The quantitative estimate of drug-likeness (QED) is 0.738. The first-order valence-corrected chi connectivity index (χ1v) is 9.01. The van der Waals surface area contributed by atoms with E-state index in [2.05, 4.69) is 10.6 Å². The van der Waals surface area contributed by atoms with Crippen LogP contribution in [-0.2, 0) is 22.6 Å². The summed E-state index contributed by atoms with van der Waals surface area (Å²) in [5.41, 5.74) is 3.21. The summed E-state index contributed by atoms with van der Waals surface area (Å²) in [6.45, 7) is 2.09. The van der Waals surface area contributed by atoms with Crippen molar-refractivity contribution in [3.63, 3.8) is 0 Å². The third kappa shape index (κ3) is 4.94. The van der Waals surface area contributed by atoms with Crippen LogP contribution in [0.4, 0.5) is 4.79 Å². The Morgan fingerprint density at radius 3 is 2.44 bits per heavy atom. The number of nitrogens with zero attached hydrogens (tertiary/aromatic N) is 1. The maximum Gasteiger partial charge on any atom is 0.325 e. The summed E-state index contributed by atoms with van der Waals surface area (Å²) in [6, 6.07) is 16.5. The van der Waals surface area contributed by atoms with E-state index in [4.69, 9.17) is 0 Å². The fraction of sp³-hybridized carbons (Fsp3) is 0.286. The summed E-state index contributed by atoms with van der Waals surface area (Å²) < 4.78 is 0. The molecule has 0 spiro atoms. The smallest absolute Gasteiger partial charge is 0.325 e. The standard InChI is InChI=1S/C21H23N3O3/c1-15-7-9-17(10-8-15)13-22-19(25)14-24-20(26)18(23-21(24)27)12-11-16-5-3-2-4-6-16/h2-10,18H,11-14H2,1H3,(H,22,25)(H,23,27). The molecule has 6 nitrogen and oxygen atoms in total.